The second kappa shape index (κ2) is 2.08. The van der Waals surface area contributed by atoms with Crippen LogP contribution in [-0.4, -0.2) is 17.6 Å². The highest BCUT2D eigenvalue weighted by Gasteiger charge is 2.25. The molecule has 3 nitrogen and oxygen atoms in total. The first-order valence-corrected chi connectivity index (χ1v) is 3.40. The van der Waals surface area contributed by atoms with E-state index in [4.69, 9.17) is 0 Å². The monoisotopic (exact) mass is 154 g/mol. The van der Waals surface area contributed by atoms with E-state index in [0.29, 0.717) is 17.4 Å². The number of carbonyl (C=O) groups excluding carboxylic acids is 1. The Morgan fingerprint density at radius 1 is 1.64 bits per heavy atom. The summed E-state index contributed by atoms with van der Waals surface area (Å²) < 4.78 is 12.8. The SMILES string of the molecule is O=C1CC2=C(N1)N(F)CC=C2. The normalized spacial score (nSPS) is 22.3. The smallest absolute Gasteiger partial charge is 0.230 e. The maximum atomic E-state index is 12.8. The lowest BCUT2D eigenvalue weighted by molar-refractivity contribution is -0.119. The Morgan fingerprint density at radius 3 is 3.18 bits per heavy atom. The van der Waals surface area contributed by atoms with Gasteiger partial charge in [0, 0.05) is 5.57 Å². The van der Waals surface area contributed by atoms with Gasteiger partial charge >= 0.3 is 0 Å². The zero-order valence-corrected chi connectivity index (χ0v) is 5.80. The van der Waals surface area contributed by atoms with Gasteiger partial charge in [0.1, 0.15) is 5.82 Å². The summed E-state index contributed by atoms with van der Waals surface area (Å²) in [5.41, 5.74) is 0.740. The van der Waals surface area contributed by atoms with Crippen molar-refractivity contribution in [1.82, 2.24) is 10.4 Å². The molecule has 0 saturated carbocycles. The second-order valence-corrected chi connectivity index (χ2v) is 2.55. The fraction of sp³-hybridized carbons (Fsp3) is 0.286. The standard InChI is InChI=1S/C7H7FN2O/c8-10-3-1-2-5-4-6(11)9-7(5)10/h1-2H,3-4H2,(H,9,11). The fourth-order valence-corrected chi connectivity index (χ4v) is 1.25. The van der Waals surface area contributed by atoms with Gasteiger partial charge in [-0.25, -0.2) is 0 Å². The van der Waals surface area contributed by atoms with Crippen LogP contribution >= 0.6 is 0 Å². The predicted octanol–water partition coefficient (Wildman–Crippen LogP) is 0.474. The lowest BCUT2D eigenvalue weighted by Crippen LogP contribution is -2.26. The van der Waals surface area contributed by atoms with Gasteiger partial charge in [0.2, 0.25) is 5.91 Å². The molecule has 0 fully saturated rings. The maximum Gasteiger partial charge on any atom is 0.230 e. The Balaban J connectivity index is 2.32. The number of hydrogen-bond donors (Lipinski definition) is 1. The van der Waals surface area contributed by atoms with Gasteiger partial charge in [-0.15, -0.1) is 0 Å². The van der Waals surface area contributed by atoms with E-state index in [1.54, 1.807) is 12.2 Å². The number of halogens is 1. The van der Waals surface area contributed by atoms with Crippen LogP contribution in [0.15, 0.2) is 23.5 Å². The van der Waals surface area contributed by atoms with Crippen LogP contribution in [-0.2, 0) is 4.79 Å². The van der Waals surface area contributed by atoms with Crippen LogP contribution < -0.4 is 5.32 Å². The predicted molar refractivity (Wildman–Crippen MR) is 36.7 cm³/mol. The summed E-state index contributed by atoms with van der Waals surface area (Å²) in [6, 6.07) is 0. The molecule has 0 aliphatic carbocycles. The molecule has 1 N–H and O–H groups in total. The highest BCUT2D eigenvalue weighted by Crippen LogP contribution is 2.22. The Labute approximate surface area is 63.1 Å². The minimum absolute atomic E-state index is 0.135. The third kappa shape index (κ3) is 0.906. The molecule has 0 aromatic heterocycles. The summed E-state index contributed by atoms with van der Waals surface area (Å²) in [5.74, 6) is 0.182. The number of nitrogens with zero attached hydrogens (tertiary/aromatic N) is 1. The molecule has 2 rings (SSSR count). The molecule has 1 amide bonds. The van der Waals surface area contributed by atoms with E-state index in [1.165, 1.54) is 0 Å². The first-order chi connectivity index (χ1) is 5.27. The summed E-state index contributed by atoms with van der Waals surface area (Å²) in [4.78, 5) is 10.8. The summed E-state index contributed by atoms with van der Waals surface area (Å²) in [5, 5.41) is 2.99. The molecular formula is C7H7FN2O. The molecule has 0 radical (unpaired) electrons. The lowest BCUT2D eigenvalue weighted by Gasteiger charge is -2.16. The molecule has 2 aliphatic rings. The largest absolute Gasteiger partial charge is 0.310 e. The average Bonchev–Trinajstić information content (AvgIpc) is 2.31. The second-order valence-electron chi connectivity index (χ2n) is 2.55. The van der Waals surface area contributed by atoms with Crippen LogP contribution in [0.25, 0.3) is 0 Å². The molecule has 0 aromatic carbocycles. The van der Waals surface area contributed by atoms with E-state index in [-0.39, 0.29) is 12.5 Å². The van der Waals surface area contributed by atoms with Crippen LogP contribution in [0.3, 0.4) is 0 Å². The molecule has 0 bridgehead atoms. The third-order valence-electron chi connectivity index (χ3n) is 1.74. The minimum Gasteiger partial charge on any atom is -0.310 e. The Morgan fingerprint density at radius 2 is 2.45 bits per heavy atom. The van der Waals surface area contributed by atoms with Crippen molar-refractivity contribution < 1.29 is 9.28 Å². The van der Waals surface area contributed by atoms with Gasteiger partial charge in [-0.2, -0.15) is 5.12 Å². The highest BCUT2D eigenvalue weighted by molar-refractivity contribution is 5.84. The minimum atomic E-state index is -0.135. The van der Waals surface area contributed by atoms with E-state index in [0.717, 1.165) is 5.57 Å². The summed E-state index contributed by atoms with van der Waals surface area (Å²) in [7, 11) is 0. The number of amides is 1. The van der Waals surface area contributed by atoms with E-state index in [9.17, 15) is 9.28 Å². The number of carbonyl (C=O) groups is 1. The molecular weight excluding hydrogens is 147 g/mol. The molecule has 0 aromatic rings. The number of hydrogen-bond acceptors (Lipinski definition) is 2. The molecule has 0 spiro atoms. The molecule has 58 valence electrons. The van der Waals surface area contributed by atoms with Crippen LogP contribution in [0.4, 0.5) is 4.48 Å². The molecule has 0 unspecified atom stereocenters. The number of rotatable bonds is 0. The van der Waals surface area contributed by atoms with Crippen molar-refractivity contribution in [3.05, 3.63) is 23.5 Å². The van der Waals surface area contributed by atoms with Gasteiger partial charge < -0.3 is 5.32 Å². The summed E-state index contributed by atoms with van der Waals surface area (Å²) in [6.07, 6.45) is 3.77. The van der Waals surface area contributed by atoms with Crippen molar-refractivity contribution in [3.8, 4) is 0 Å². The van der Waals surface area contributed by atoms with Crippen LogP contribution in [0.5, 0.6) is 0 Å². The summed E-state index contributed by atoms with van der Waals surface area (Å²) >= 11 is 0. The van der Waals surface area contributed by atoms with Crippen LogP contribution in [0.2, 0.25) is 0 Å². The Hall–Kier alpha value is -1.32. The fourth-order valence-electron chi connectivity index (χ4n) is 1.25. The highest BCUT2D eigenvalue weighted by atomic mass is 19.2. The quantitative estimate of drug-likeness (QED) is 0.514. The van der Waals surface area contributed by atoms with Gasteiger partial charge in [-0.3, -0.25) is 4.79 Å². The zero-order chi connectivity index (χ0) is 7.84. The van der Waals surface area contributed by atoms with Crippen LogP contribution in [0.1, 0.15) is 6.42 Å². The van der Waals surface area contributed by atoms with Gasteiger partial charge in [-0.05, 0) is 0 Å². The molecule has 2 heterocycles. The van der Waals surface area contributed by atoms with E-state index < -0.39 is 0 Å². The van der Waals surface area contributed by atoms with Crippen molar-refractivity contribution in [2.24, 2.45) is 0 Å². The average molecular weight is 154 g/mol. The Bertz CT molecular complexity index is 270. The van der Waals surface area contributed by atoms with Crippen molar-refractivity contribution >= 4 is 5.91 Å². The number of allylic oxidation sites excluding steroid dienone is 1. The first-order valence-electron chi connectivity index (χ1n) is 3.40. The first kappa shape index (κ1) is 6.39. The van der Waals surface area contributed by atoms with Crippen molar-refractivity contribution in [1.29, 1.82) is 0 Å². The van der Waals surface area contributed by atoms with Crippen molar-refractivity contribution in [2.75, 3.05) is 6.54 Å². The van der Waals surface area contributed by atoms with Crippen LogP contribution in [0, 0.1) is 0 Å². The summed E-state index contributed by atoms with van der Waals surface area (Å²) in [6.45, 7) is 0.221. The molecule has 4 heteroatoms. The van der Waals surface area contributed by atoms with E-state index in [1.807, 2.05) is 0 Å². The Kier molecular flexibility index (Phi) is 1.21. The van der Waals surface area contributed by atoms with Gasteiger partial charge in [0.15, 0.2) is 0 Å². The maximum absolute atomic E-state index is 12.8. The van der Waals surface area contributed by atoms with E-state index >= 15 is 0 Å². The van der Waals surface area contributed by atoms with Crippen molar-refractivity contribution in [3.63, 3.8) is 0 Å². The zero-order valence-electron chi connectivity index (χ0n) is 5.80. The van der Waals surface area contributed by atoms with Gasteiger partial charge in [-0.1, -0.05) is 16.6 Å². The van der Waals surface area contributed by atoms with Gasteiger partial charge in [0.25, 0.3) is 0 Å². The molecule has 0 saturated heterocycles. The molecule has 11 heavy (non-hydrogen) atoms. The van der Waals surface area contributed by atoms with Gasteiger partial charge in [0.05, 0.1) is 13.0 Å². The molecule has 0 atom stereocenters. The third-order valence-corrected chi connectivity index (χ3v) is 1.74. The molecule has 2 aliphatic heterocycles. The lowest BCUT2D eigenvalue weighted by atomic mass is 10.2. The van der Waals surface area contributed by atoms with E-state index in [2.05, 4.69) is 5.32 Å². The number of nitrogens with one attached hydrogen (secondary N) is 1. The topological polar surface area (TPSA) is 32.3 Å². The van der Waals surface area contributed by atoms with Crippen molar-refractivity contribution in [2.45, 2.75) is 6.42 Å².